The first kappa shape index (κ1) is 25.9. The zero-order chi connectivity index (χ0) is 26.0. The molecule has 202 valence electrons. The van der Waals surface area contributed by atoms with Crippen molar-refractivity contribution in [1.82, 2.24) is 15.2 Å². The third-order valence-electron chi connectivity index (χ3n) is 9.24. The van der Waals surface area contributed by atoms with Crippen LogP contribution in [0.15, 0.2) is 12.3 Å². The molecule has 5 rings (SSSR count). The summed E-state index contributed by atoms with van der Waals surface area (Å²) in [7, 11) is 1.85. The third kappa shape index (κ3) is 5.33. The first-order valence-corrected chi connectivity index (χ1v) is 14.1. The predicted octanol–water partition coefficient (Wildman–Crippen LogP) is 4.19. The number of ether oxygens (including phenoxy) is 1. The maximum Gasteiger partial charge on any atom is 0.318 e. The minimum absolute atomic E-state index is 0.0247. The summed E-state index contributed by atoms with van der Waals surface area (Å²) in [5.41, 5.74) is 0.975. The lowest BCUT2D eigenvalue weighted by atomic mass is 9.76. The predicted molar refractivity (Wildman–Crippen MR) is 141 cm³/mol. The fourth-order valence-corrected chi connectivity index (χ4v) is 6.68. The fourth-order valence-electron chi connectivity index (χ4n) is 6.68. The lowest BCUT2D eigenvalue weighted by Crippen LogP contribution is -2.54. The number of nitrogens with zero attached hydrogens (tertiary/aromatic N) is 2. The van der Waals surface area contributed by atoms with Crippen LogP contribution in [0.2, 0.25) is 0 Å². The molecule has 0 unspecified atom stereocenters. The van der Waals surface area contributed by atoms with Crippen LogP contribution in [0, 0.1) is 11.8 Å². The SMILES string of the molecule is CC1CCC([C@H](NC(=O)N(C)C2CCCCC2)C(=O)Nc2cc3c(cn2)C2(CCOCC2)C(=O)N3)CC1. The van der Waals surface area contributed by atoms with Crippen molar-refractivity contribution in [3.05, 3.63) is 17.8 Å². The van der Waals surface area contributed by atoms with Crippen LogP contribution in [0.3, 0.4) is 0 Å². The second-order valence-electron chi connectivity index (χ2n) is 11.6. The number of carbonyl (C=O) groups is 3. The zero-order valence-corrected chi connectivity index (χ0v) is 22.2. The molecule has 4 amide bonds. The van der Waals surface area contributed by atoms with Crippen molar-refractivity contribution in [2.75, 3.05) is 30.9 Å². The number of anilines is 2. The van der Waals surface area contributed by atoms with E-state index in [4.69, 9.17) is 4.74 Å². The Kier molecular flexibility index (Phi) is 7.70. The topological polar surface area (TPSA) is 113 Å². The number of rotatable bonds is 5. The van der Waals surface area contributed by atoms with Gasteiger partial charge in [0.15, 0.2) is 0 Å². The van der Waals surface area contributed by atoms with E-state index < -0.39 is 11.5 Å². The van der Waals surface area contributed by atoms with E-state index in [1.165, 1.54) is 6.42 Å². The molecule has 1 saturated heterocycles. The molecule has 0 radical (unpaired) electrons. The smallest absolute Gasteiger partial charge is 0.318 e. The molecule has 0 bridgehead atoms. The molecule has 1 aromatic rings. The van der Waals surface area contributed by atoms with Crippen LogP contribution in [-0.2, 0) is 19.7 Å². The Morgan fingerprint density at radius 1 is 1.11 bits per heavy atom. The molecule has 2 aliphatic carbocycles. The standard InChI is InChI=1S/C28H41N5O4/c1-18-8-10-19(11-9-18)24(32-27(36)33(2)20-6-4-3-5-7-20)25(34)31-23-16-22-21(17-29-23)28(26(35)30-22)12-14-37-15-13-28/h16-20,24H,3-15H2,1-2H3,(H,30,35)(H,32,36)(H,29,31,34)/t18?,19?,24-/m0/s1. The number of carbonyl (C=O) groups excluding carboxylic acids is 3. The highest BCUT2D eigenvalue weighted by Gasteiger charge is 2.48. The van der Waals surface area contributed by atoms with E-state index in [1.807, 2.05) is 7.05 Å². The lowest BCUT2D eigenvalue weighted by Gasteiger charge is -2.36. The molecule has 0 aromatic carbocycles. The van der Waals surface area contributed by atoms with Gasteiger partial charge in [0.1, 0.15) is 11.9 Å². The average molecular weight is 512 g/mol. The van der Waals surface area contributed by atoms with Gasteiger partial charge in [-0.15, -0.1) is 0 Å². The van der Waals surface area contributed by atoms with Crippen LogP contribution in [-0.4, -0.2) is 60.1 Å². The highest BCUT2D eigenvalue weighted by Crippen LogP contribution is 2.44. The Bertz CT molecular complexity index is 1010. The first-order valence-electron chi connectivity index (χ1n) is 14.1. The molecule has 1 atom stereocenters. The van der Waals surface area contributed by atoms with Crippen molar-refractivity contribution < 1.29 is 19.1 Å². The van der Waals surface area contributed by atoms with Gasteiger partial charge in [0.2, 0.25) is 11.8 Å². The number of nitrogens with one attached hydrogen (secondary N) is 3. The fraction of sp³-hybridized carbons (Fsp3) is 0.714. The molecule has 4 aliphatic rings. The van der Waals surface area contributed by atoms with Crippen LogP contribution < -0.4 is 16.0 Å². The van der Waals surface area contributed by atoms with Crippen molar-refractivity contribution in [3.8, 4) is 0 Å². The van der Waals surface area contributed by atoms with Crippen molar-refractivity contribution in [2.45, 2.75) is 95.1 Å². The largest absolute Gasteiger partial charge is 0.381 e. The summed E-state index contributed by atoms with van der Waals surface area (Å²) in [5, 5.41) is 9.03. The van der Waals surface area contributed by atoms with E-state index in [2.05, 4.69) is 27.9 Å². The molecule has 9 heteroatoms. The van der Waals surface area contributed by atoms with Crippen molar-refractivity contribution in [2.24, 2.45) is 11.8 Å². The Morgan fingerprint density at radius 3 is 2.51 bits per heavy atom. The number of hydrogen-bond donors (Lipinski definition) is 3. The number of urea groups is 1. The van der Waals surface area contributed by atoms with Gasteiger partial charge in [-0.25, -0.2) is 9.78 Å². The molecule has 3 N–H and O–H groups in total. The second kappa shape index (κ2) is 11.0. The van der Waals surface area contributed by atoms with Crippen LogP contribution in [0.5, 0.6) is 0 Å². The van der Waals surface area contributed by atoms with Gasteiger partial charge in [-0.3, -0.25) is 9.59 Å². The average Bonchev–Trinajstić information content (AvgIpc) is 3.17. The van der Waals surface area contributed by atoms with Gasteiger partial charge in [-0.05, 0) is 50.4 Å². The summed E-state index contributed by atoms with van der Waals surface area (Å²) in [6, 6.07) is 1.16. The normalized spacial score (nSPS) is 26.2. The number of pyridine rings is 1. The molecule has 37 heavy (non-hydrogen) atoms. The summed E-state index contributed by atoms with van der Waals surface area (Å²) in [6.07, 6.45) is 12.4. The van der Waals surface area contributed by atoms with E-state index in [0.717, 1.165) is 56.9 Å². The van der Waals surface area contributed by atoms with Gasteiger partial charge in [-0.1, -0.05) is 39.0 Å². The maximum absolute atomic E-state index is 13.6. The molecular formula is C28H41N5O4. The Morgan fingerprint density at radius 2 is 1.81 bits per heavy atom. The maximum atomic E-state index is 13.6. The van der Waals surface area contributed by atoms with Crippen LogP contribution in [0.25, 0.3) is 0 Å². The van der Waals surface area contributed by atoms with E-state index in [0.29, 0.717) is 43.5 Å². The zero-order valence-electron chi connectivity index (χ0n) is 22.2. The molecule has 2 saturated carbocycles. The monoisotopic (exact) mass is 511 g/mol. The van der Waals surface area contributed by atoms with E-state index >= 15 is 0 Å². The highest BCUT2D eigenvalue weighted by atomic mass is 16.5. The summed E-state index contributed by atoms with van der Waals surface area (Å²) in [4.78, 5) is 46.0. The Hall–Kier alpha value is -2.68. The van der Waals surface area contributed by atoms with Crippen molar-refractivity contribution in [1.29, 1.82) is 0 Å². The Balaban J connectivity index is 1.31. The number of aromatic nitrogens is 1. The molecular weight excluding hydrogens is 470 g/mol. The molecule has 3 fully saturated rings. The lowest BCUT2D eigenvalue weighted by molar-refractivity contribution is -0.124. The minimum Gasteiger partial charge on any atom is -0.381 e. The van der Waals surface area contributed by atoms with Gasteiger partial charge in [0.05, 0.1) is 11.1 Å². The number of fused-ring (bicyclic) bond motifs is 2. The second-order valence-corrected chi connectivity index (χ2v) is 11.6. The number of amides is 4. The summed E-state index contributed by atoms with van der Waals surface area (Å²) in [6.45, 7) is 3.33. The summed E-state index contributed by atoms with van der Waals surface area (Å²) in [5.74, 6) is 0.836. The van der Waals surface area contributed by atoms with Crippen molar-refractivity contribution >= 4 is 29.4 Å². The Labute approximate surface area is 219 Å². The quantitative estimate of drug-likeness (QED) is 0.549. The van der Waals surface area contributed by atoms with E-state index in [-0.39, 0.29) is 29.8 Å². The first-order chi connectivity index (χ1) is 17.9. The number of hydrogen-bond acceptors (Lipinski definition) is 5. The minimum atomic E-state index is -0.627. The highest BCUT2D eigenvalue weighted by molar-refractivity contribution is 6.07. The van der Waals surface area contributed by atoms with Crippen molar-refractivity contribution in [3.63, 3.8) is 0 Å². The van der Waals surface area contributed by atoms with Gasteiger partial charge >= 0.3 is 6.03 Å². The summed E-state index contributed by atoms with van der Waals surface area (Å²) >= 11 is 0. The van der Waals surface area contributed by atoms with Gasteiger partial charge in [0, 0.05) is 44.1 Å². The third-order valence-corrected chi connectivity index (χ3v) is 9.24. The van der Waals surface area contributed by atoms with Gasteiger partial charge < -0.3 is 25.6 Å². The van der Waals surface area contributed by atoms with E-state index in [1.54, 1.807) is 17.2 Å². The molecule has 1 spiro atoms. The van der Waals surface area contributed by atoms with Gasteiger partial charge in [0.25, 0.3) is 0 Å². The van der Waals surface area contributed by atoms with Crippen LogP contribution in [0.4, 0.5) is 16.3 Å². The molecule has 1 aromatic heterocycles. The summed E-state index contributed by atoms with van der Waals surface area (Å²) < 4.78 is 5.48. The molecule has 2 aliphatic heterocycles. The van der Waals surface area contributed by atoms with E-state index in [9.17, 15) is 14.4 Å². The van der Waals surface area contributed by atoms with Gasteiger partial charge in [-0.2, -0.15) is 0 Å². The molecule has 9 nitrogen and oxygen atoms in total. The van der Waals surface area contributed by atoms with Crippen LogP contribution >= 0.6 is 0 Å². The molecule has 3 heterocycles. The van der Waals surface area contributed by atoms with Crippen LogP contribution in [0.1, 0.15) is 83.1 Å².